The summed E-state index contributed by atoms with van der Waals surface area (Å²) in [7, 11) is 0. The first kappa shape index (κ1) is 13.3. The van der Waals surface area contributed by atoms with Crippen molar-refractivity contribution in [1.82, 2.24) is 0 Å². The predicted octanol–water partition coefficient (Wildman–Crippen LogP) is 3.79. The van der Waals surface area contributed by atoms with Gasteiger partial charge < -0.3 is 4.74 Å². The molecule has 0 amide bonds. The third-order valence-corrected chi connectivity index (χ3v) is 2.73. The van der Waals surface area contributed by atoms with E-state index in [1.165, 1.54) is 18.2 Å². The van der Waals surface area contributed by atoms with Gasteiger partial charge in [-0.25, -0.2) is 4.39 Å². The summed E-state index contributed by atoms with van der Waals surface area (Å²) in [6.07, 6.45) is 0.234. The van der Waals surface area contributed by atoms with E-state index in [0.29, 0.717) is 12.2 Å². The fourth-order valence-electron chi connectivity index (χ4n) is 1.77. The SMILES string of the molecule is Cc1cccc(OCCC(=O)c2cccc(F)c2)c1. The Balaban J connectivity index is 1.87. The Morgan fingerprint density at radius 3 is 2.68 bits per heavy atom. The first-order chi connectivity index (χ1) is 9.15. The lowest BCUT2D eigenvalue weighted by atomic mass is 10.1. The minimum Gasteiger partial charge on any atom is -0.493 e. The molecule has 0 radical (unpaired) electrons. The smallest absolute Gasteiger partial charge is 0.166 e. The number of benzene rings is 2. The molecule has 0 saturated heterocycles. The Morgan fingerprint density at radius 1 is 1.16 bits per heavy atom. The van der Waals surface area contributed by atoms with E-state index < -0.39 is 5.82 Å². The maximum Gasteiger partial charge on any atom is 0.166 e. The predicted molar refractivity (Wildman–Crippen MR) is 72.0 cm³/mol. The highest BCUT2D eigenvalue weighted by Crippen LogP contribution is 2.13. The standard InChI is InChI=1S/C16H15FO2/c1-12-4-2-7-15(10-12)19-9-8-16(18)13-5-3-6-14(17)11-13/h2-7,10-11H,8-9H2,1H3. The lowest BCUT2D eigenvalue weighted by Crippen LogP contribution is -2.07. The van der Waals surface area contributed by atoms with Gasteiger partial charge in [-0.3, -0.25) is 4.79 Å². The molecule has 2 aromatic carbocycles. The summed E-state index contributed by atoms with van der Waals surface area (Å²) in [5, 5.41) is 0. The number of Topliss-reactive ketones (excluding diaryl/α,β-unsaturated/α-hetero) is 1. The summed E-state index contributed by atoms with van der Waals surface area (Å²) in [6.45, 7) is 2.27. The van der Waals surface area contributed by atoms with Crippen molar-refractivity contribution in [3.8, 4) is 5.75 Å². The Morgan fingerprint density at radius 2 is 1.95 bits per heavy atom. The second-order valence-corrected chi connectivity index (χ2v) is 4.35. The van der Waals surface area contributed by atoms with Gasteiger partial charge in [0, 0.05) is 12.0 Å². The number of halogens is 1. The Labute approximate surface area is 111 Å². The highest BCUT2D eigenvalue weighted by molar-refractivity contribution is 5.96. The number of ether oxygens (including phenoxy) is 1. The topological polar surface area (TPSA) is 26.3 Å². The monoisotopic (exact) mass is 258 g/mol. The number of rotatable bonds is 5. The van der Waals surface area contributed by atoms with Crippen LogP contribution in [0.15, 0.2) is 48.5 Å². The molecule has 0 heterocycles. The fourth-order valence-corrected chi connectivity index (χ4v) is 1.77. The van der Waals surface area contributed by atoms with Gasteiger partial charge in [0.2, 0.25) is 0 Å². The summed E-state index contributed by atoms with van der Waals surface area (Å²) in [5.41, 5.74) is 1.49. The minimum atomic E-state index is -0.398. The van der Waals surface area contributed by atoms with Crippen molar-refractivity contribution in [2.24, 2.45) is 0 Å². The molecule has 19 heavy (non-hydrogen) atoms. The molecule has 0 fully saturated rings. The molecule has 2 rings (SSSR count). The van der Waals surface area contributed by atoms with E-state index >= 15 is 0 Å². The maximum absolute atomic E-state index is 13.0. The molecule has 0 unspecified atom stereocenters. The highest BCUT2D eigenvalue weighted by Gasteiger charge is 2.06. The fraction of sp³-hybridized carbons (Fsp3) is 0.188. The minimum absolute atomic E-state index is 0.118. The molecule has 0 saturated carbocycles. The van der Waals surface area contributed by atoms with E-state index in [1.807, 2.05) is 31.2 Å². The van der Waals surface area contributed by atoms with Crippen LogP contribution in [0.4, 0.5) is 4.39 Å². The van der Waals surface area contributed by atoms with Crippen molar-refractivity contribution in [2.45, 2.75) is 13.3 Å². The summed E-state index contributed by atoms with van der Waals surface area (Å²) in [4.78, 5) is 11.8. The van der Waals surface area contributed by atoms with Gasteiger partial charge in [0.25, 0.3) is 0 Å². The van der Waals surface area contributed by atoms with Crippen LogP contribution < -0.4 is 4.74 Å². The van der Waals surface area contributed by atoms with Crippen LogP contribution in [-0.4, -0.2) is 12.4 Å². The van der Waals surface area contributed by atoms with Crippen LogP contribution in [0.1, 0.15) is 22.3 Å². The largest absolute Gasteiger partial charge is 0.493 e. The van der Waals surface area contributed by atoms with Crippen molar-refractivity contribution in [3.05, 3.63) is 65.5 Å². The second-order valence-electron chi connectivity index (χ2n) is 4.35. The Kier molecular flexibility index (Phi) is 4.29. The summed E-state index contributed by atoms with van der Waals surface area (Å²) in [6, 6.07) is 13.3. The van der Waals surface area contributed by atoms with Crippen LogP contribution in [0.25, 0.3) is 0 Å². The molecule has 2 nitrogen and oxygen atoms in total. The molecule has 3 heteroatoms. The van der Waals surface area contributed by atoms with Crippen molar-refractivity contribution >= 4 is 5.78 Å². The average Bonchev–Trinajstić information content (AvgIpc) is 2.38. The van der Waals surface area contributed by atoms with E-state index in [1.54, 1.807) is 6.07 Å². The molecule has 0 aliphatic heterocycles. The van der Waals surface area contributed by atoms with Crippen LogP contribution >= 0.6 is 0 Å². The molecule has 0 aromatic heterocycles. The van der Waals surface area contributed by atoms with E-state index in [9.17, 15) is 9.18 Å². The lowest BCUT2D eigenvalue weighted by molar-refractivity contribution is 0.0961. The van der Waals surface area contributed by atoms with Gasteiger partial charge in [0.1, 0.15) is 11.6 Å². The molecular formula is C16H15FO2. The first-order valence-electron chi connectivity index (χ1n) is 6.13. The van der Waals surface area contributed by atoms with Gasteiger partial charge in [-0.15, -0.1) is 0 Å². The zero-order valence-corrected chi connectivity index (χ0v) is 10.7. The first-order valence-corrected chi connectivity index (χ1v) is 6.13. The van der Waals surface area contributed by atoms with Gasteiger partial charge in [0.15, 0.2) is 5.78 Å². The molecule has 0 atom stereocenters. The van der Waals surface area contributed by atoms with Gasteiger partial charge in [0.05, 0.1) is 6.61 Å². The molecule has 2 aromatic rings. The molecule has 0 spiro atoms. The van der Waals surface area contributed by atoms with Crippen LogP contribution in [0, 0.1) is 12.7 Å². The van der Waals surface area contributed by atoms with Crippen molar-refractivity contribution in [3.63, 3.8) is 0 Å². The third kappa shape index (κ3) is 3.91. The quantitative estimate of drug-likeness (QED) is 0.763. The summed E-state index contributed by atoms with van der Waals surface area (Å²) in [5.74, 6) is 0.227. The van der Waals surface area contributed by atoms with Crippen LogP contribution in [0.2, 0.25) is 0 Å². The number of hydrogen-bond acceptors (Lipinski definition) is 2. The van der Waals surface area contributed by atoms with Crippen LogP contribution in [0.3, 0.4) is 0 Å². The summed E-state index contributed by atoms with van der Waals surface area (Å²) < 4.78 is 18.5. The summed E-state index contributed by atoms with van der Waals surface area (Å²) >= 11 is 0. The zero-order valence-electron chi connectivity index (χ0n) is 10.7. The van der Waals surface area contributed by atoms with E-state index in [0.717, 1.165) is 11.3 Å². The van der Waals surface area contributed by atoms with E-state index in [2.05, 4.69) is 0 Å². The van der Waals surface area contributed by atoms with Gasteiger partial charge >= 0.3 is 0 Å². The van der Waals surface area contributed by atoms with Crippen LogP contribution in [-0.2, 0) is 0 Å². The average molecular weight is 258 g/mol. The molecule has 0 aliphatic carbocycles. The molecule has 0 bridgehead atoms. The van der Waals surface area contributed by atoms with Crippen molar-refractivity contribution in [1.29, 1.82) is 0 Å². The van der Waals surface area contributed by atoms with Crippen LogP contribution in [0.5, 0.6) is 5.75 Å². The van der Waals surface area contributed by atoms with Crippen molar-refractivity contribution < 1.29 is 13.9 Å². The van der Waals surface area contributed by atoms with E-state index in [-0.39, 0.29) is 12.2 Å². The van der Waals surface area contributed by atoms with Crippen molar-refractivity contribution in [2.75, 3.05) is 6.61 Å². The number of carbonyl (C=O) groups is 1. The van der Waals surface area contributed by atoms with E-state index in [4.69, 9.17) is 4.74 Å². The number of aryl methyl sites for hydroxylation is 1. The molecule has 0 N–H and O–H groups in total. The lowest BCUT2D eigenvalue weighted by Gasteiger charge is -2.06. The Hall–Kier alpha value is -2.16. The van der Waals surface area contributed by atoms with Gasteiger partial charge in [-0.05, 0) is 36.8 Å². The third-order valence-electron chi connectivity index (χ3n) is 2.73. The normalized spacial score (nSPS) is 10.2. The molecular weight excluding hydrogens is 243 g/mol. The highest BCUT2D eigenvalue weighted by atomic mass is 19.1. The van der Waals surface area contributed by atoms with Gasteiger partial charge in [-0.2, -0.15) is 0 Å². The number of carbonyl (C=O) groups excluding carboxylic acids is 1. The number of ketones is 1. The zero-order chi connectivity index (χ0) is 13.7. The Bertz CT molecular complexity index is 578. The molecule has 98 valence electrons. The van der Waals surface area contributed by atoms with Gasteiger partial charge in [-0.1, -0.05) is 24.3 Å². The number of hydrogen-bond donors (Lipinski definition) is 0. The molecule has 0 aliphatic rings. The maximum atomic E-state index is 13.0. The second kappa shape index (κ2) is 6.14.